The van der Waals surface area contributed by atoms with Crippen molar-refractivity contribution in [3.05, 3.63) is 60.2 Å². The normalized spacial score (nSPS) is 14.4. The van der Waals surface area contributed by atoms with E-state index in [-0.39, 0.29) is 5.82 Å². The molecule has 3 heterocycles. The summed E-state index contributed by atoms with van der Waals surface area (Å²) in [6, 6.07) is 7.21. The molecule has 0 saturated carbocycles. The van der Waals surface area contributed by atoms with Crippen molar-refractivity contribution in [3.8, 4) is 5.69 Å². The molecule has 1 fully saturated rings. The lowest BCUT2D eigenvalue weighted by molar-refractivity contribution is 0.573. The molecule has 27 heavy (non-hydrogen) atoms. The first kappa shape index (κ1) is 17.5. The van der Waals surface area contributed by atoms with Crippen LogP contribution in [0.15, 0.2) is 43.0 Å². The Morgan fingerprint density at radius 2 is 1.93 bits per heavy atom. The maximum absolute atomic E-state index is 14.5. The molecule has 1 N–H and O–H groups in total. The van der Waals surface area contributed by atoms with Gasteiger partial charge in [-0.25, -0.2) is 19.3 Å². The number of halogens is 1. The van der Waals surface area contributed by atoms with E-state index >= 15 is 0 Å². The van der Waals surface area contributed by atoms with Gasteiger partial charge in [0.2, 0.25) is 0 Å². The second-order valence-electron chi connectivity index (χ2n) is 6.79. The van der Waals surface area contributed by atoms with Crippen LogP contribution in [-0.4, -0.2) is 32.6 Å². The first-order chi connectivity index (χ1) is 13.2. The number of imidazole rings is 1. The maximum atomic E-state index is 14.5. The number of nitrogens with one attached hydrogen (secondary N) is 1. The van der Waals surface area contributed by atoms with Gasteiger partial charge in [-0.1, -0.05) is 6.07 Å². The summed E-state index contributed by atoms with van der Waals surface area (Å²) in [6.45, 7) is 4.42. The van der Waals surface area contributed by atoms with Crippen LogP contribution in [0.3, 0.4) is 0 Å². The van der Waals surface area contributed by atoms with Crippen molar-refractivity contribution in [2.45, 2.75) is 32.7 Å². The monoisotopic (exact) mass is 366 g/mol. The number of rotatable bonds is 5. The molecule has 1 saturated heterocycles. The first-order valence-electron chi connectivity index (χ1n) is 9.30. The molecule has 1 aromatic carbocycles. The van der Waals surface area contributed by atoms with Crippen LogP contribution < -0.4 is 10.2 Å². The van der Waals surface area contributed by atoms with E-state index in [9.17, 15) is 4.39 Å². The predicted molar refractivity (Wildman–Crippen MR) is 104 cm³/mol. The molecule has 7 heteroatoms. The fourth-order valence-electron chi connectivity index (χ4n) is 3.42. The van der Waals surface area contributed by atoms with E-state index in [1.165, 1.54) is 19.3 Å². The molecule has 140 valence electrons. The molecular weight excluding hydrogens is 343 g/mol. The summed E-state index contributed by atoms with van der Waals surface area (Å²) in [7, 11) is 0. The summed E-state index contributed by atoms with van der Waals surface area (Å²) in [5.74, 6) is 2.18. The van der Waals surface area contributed by atoms with Gasteiger partial charge in [-0.2, -0.15) is 0 Å². The van der Waals surface area contributed by atoms with Gasteiger partial charge >= 0.3 is 0 Å². The van der Waals surface area contributed by atoms with Gasteiger partial charge < -0.3 is 14.8 Å². The van der Waals surface area contributed by atoms with Crippen LogP contribution in [0, 0.1) is 12.7 Å². The Morgan fingerprint density at radius 3 is 2.67 bits per heavy atom. The van der Waals surface area contributed by atoms with Gasteiger partial charge in [0.15, 0.2) is 0 Å². The molecule has 0 bridgehead atoms. The standard InChI is InChI=1S/C20H23FN6/c1-15-22-7-10-27(15)18-6-5-16(11-17(18)21)13-23-19-12-20(25-14-24-19)26-8-3-2-4-9-26/h5-7,10-12,14H,2-4,8-9,13H2,1H3,(H,23,24,25). The van der Waals surface area contributed by atoms with E-state index in [2.05, 4.69) is 25.2 Å². The molecule has 1 aliphatic rings. The molecule has 0 amide bonds. The van der Waals surface area contributed by atoms with Crippen LogP contribution >= 0.6 is 0 Å². The van der Waals surface area contributed by atoms with Crippen LogP contribution in [0.25, 0.3) is 5.69 Å². The zero-order valence-electron chi connectivity index (χ0n) is 15.4. The Morgan fingerprint density at radius 1 is 1.07 bits per heavy atom. The number of anilines is 2. The largest absolute Gasteiger partial charge is 0.366 e. The van der Waals surface area contributed by atoms with Crippen molar-refractivity contribution < 1.29 is 4.39 Å². The van der Waals surface area contributed by atoms with Gasteiger partial charge in [0.05, 0.1) is 5.69 Å². The lowest BCUT2D eigenvalue weighted by atomic mass is 10.1. The Kier molecular flexibility index (Phi) is 5.00. The highest BCUT2D eigenvalue weighted by molar-refractivity contribution is 5.49. The minimum absolute atomic E-state index is 0.271. The van der Waals surface area contributed by atoms with Crippen LogP contribution in [0.5, 0.6) is 0 Å². The highest BCUT2D eigenvalue weighted by atomic mass is 19.1. The fraction of sp³-hybridized carbons (Fsp3) is 0.350. The third-order valence-electron chi connectivity index (χ3n) is 4.90. The lowest BCUT2D eigenvalue weighted by Crippen LogP contribution is -2.30. The molecule has 2 aromatic heterocycles. The van der Waals surface area contributed by atoms with E-state index in [0.29, 0.717) is 12.2 Å². The molecule has 4 rings (SSSR count). The molecule has 0 unspecified atom stereocenters. The molecule has 0 spiro atoms. The van der Waals surface area contributed by atoms with Crippen molar-refractivity contribution in [1.29, 1.82) is 0 Å². The average Bonchev–Trinajstić information content (AvgIpc) is 3.13. The van der Waals surface area contributed by atoms with Crippen LogP contribution in [0.2, 0.25) is 0 Å². The number of nitrogens with zero attached hydrogens (tertiary/aromatic N) is 5. The number of aromatic nitrogens is 4. The molecule has 0 atom stereocenters. The smallest absolute Gasteiger partial charge is 0.147 e. The fourth-order valence-corrected chi connectivity index (χ4v) is 3.42. The van der Waals surface area contributed by atoms with Gasteiger partial charge in [0, 0.05) is 38.1 Å². The van der Waals surface area contributed by atoms with Crippen molar-refractivity contribution in [2.75, 3.05) is 23.3 Å². The third-order valence-corrected chi connectivity index (χ3v) is 4.90. The van der Waals surface area contributed by atoms with E-state index in [4.69, 9.17) is 0 Å². The summed E-state index contributed by atoms with van der Waals surface area (Å²) in [5.41, 5.74) is 1.36. The zero-order chi connectivity index (χ0) is 18.6. The third kappa shape index (κ3) is 3.92. The minimum atomic E-state index is -0.271. The second kappa shape index (κ2) is 7.73. The van der Waals surface area contributed by atoms with E-state index < -0.39 is 0 Å². The topological polar surface area (TPSA) is 58.9 Å². The molecule has 1 aliphatic heterocycles. The summed E-state index contributed by atoms with van der Waals surface area (Å²) in [4.78, 5) is 15.1. The van der Waals surface area contributed by atoms with Crippen molar-refractivity contribution >= 4 is 11.6 Å². The quantitative estimate of drug-likeness (QED) is 0.746. The lowest BCUT2D eigenvalue weighted by Gasteiger charge is -2.27. The van der Waals surface area contributed by atoms with Gasteiger partial charge in [-0.3, -0.25) is 0 Å². The Hall–Kier alpha value is -2.96. The van der Waals surface area contributed by atoms with Gasteiger partial charge in [0.25, 0.3) is 0 Å². The van der Waals surface area contributed by atoms with Crippen LogP contribution in [0.1, 0.15) is 30.7 Å². The van der Waals surface area contributed by atoms with E-state index in [0.717, 1.165) is 36.1 Å². The summed E-state index contributed by atoms with van der Waals surface area (Å²) in [6.07, 6.45) is 8.70. The molecule has 0 radical (unpaired) electrons. The summed E-state index contributed by atoms with van der Waals surface area (Å²) >= 11 is 0. The number of benzene rings is 1. The van der Waals surface area contributed by atoms with E-state index in [1.54, 1.807) is 35.4 Å². The number of piperidine rings is 1. The Balaban J connectivity index is 1.44. The predicted octanol–water partition coefficient (Wildman–Crippen LogP) is 3.71. The first-order valence-corrected chi connectivity index (χ1v) is 9.30. The zero-order valence-corrected chi connectivity index (χ0v) is 15.4. The number of aryl methyl sites for hydroxylation is 1. The molecular formula is C20H23FN6. The van der Waals surface area contributed by atoms with Gasteiger partial charge in [-0.05, 0) is 43.9 Å². The van der Waals surface area contributed by atoms with Crippen molar-refractivity contribution in [1.82, 2.24) is 19.5 Å². The SMILES string of the molecule is Cc1nccn1-c1ccc(CNc2cc(N3CCCCC3)ncn2)cc1F. The van der Waals surface area contributed by atoms with Gasteiger partial charge in [0.1, 0.15) is 29.6 Å². The van der Waals surface area contributed by atoms with Crippen molar-refractivity contribution in [3.63, 3.8) is 0 Å². The summed E-state index contributed by atoms with van der Waals surface area (Å²) in [5, 5.41) is 3.27. The Labute approximate surface area is 158 Å². The Bertz CT molecular complexity index is 916. The van der Waals surface area contributed by atoms with Crippen LogP contribution in [0.4, 0.5) is 16.0 Å². The van der Waals surface area contributed by atoms with Crippen LogP contribution in [-0.2, 0) is 6.54 Å². The minimum Gasteiger partial charge on any atom is -0.366 e. The maximum Gasteiger partial charge on any atom is 0.147 e. The van der Waals surface area contributed by atoms with Gasteiger partial charge in [-0.15, -0.1) is 0 Å². The summed E-state index contributed by atoms with van der Waals surface area (Å²) < 4.78 is 16.3. The van der Waals surface area contributed by atoms with E-state index in [1.807, 2.05) is 19.1 Å². The molecule has 6 nitrogen and oxygen atoms in total. The molecule has 3 aromatic rings. The second-order valence-corrected chi connectivity index (χ2v) is 6.79. The highest BCUT2D eigenvalue weighted by Crippen LogP contribution is 2.20. The highest BCUT2D eigenvalue weighted by Gasteiger charge is 2.13. The number of hydrogen-bond donors (Lipinski definition) is 1. The average molecular weight is 366 g/mol. The van der Waals surface area contributed by atoms with Crippen molar-refractivity contribution in [2.24, 2.45) is 0 Å². The molecule has 0 aliphatic carbocycles. The number of hydrogen-bond acceptors (Lipinski definition) is 5.